The van der Waals surface area contributed by atoms with Gasteiger partial charge in [-0.25, -0.2) is 8.42 Å². The largest absolute Gasteiger partial charge is 0.352 e. The first-order valence-corrected chi connectivity index (χ1v) is 13.0. The first-order valence-electron chi connectivity index (χ1n) is 10.4. The van der Waals surface area contributed by atoms with Crippen molar-refractivity contribution in [3.8, 4) is 0 Å². The predicted octanol–water partition coefficient (Wildman–Crippen LogP) is 4.01. The summed E-state index contributed by atoms with van der Waals surface area (Å²) in [4.78, 5) is 27.5. The van der Waals surface area contributed by atoms with E-state index in [1.165, 1.54) is 23.1 Å². The van der Waals surface area contributed by atoms with Gasteiger partial charge in [0.2, 0.25) is 21.8 Å². The van der Waals surface area contributed by atoms with Gasteiger partial charge in [0.25, 0.3) is 0 Å². The summed E-state index contributed by atoms with van der Waals surface area (Å²) in [5, 5.41) is 3.28. The van der Waals surface area contributed by atoms with Gasteiger partial charge in [0.1, 0.15) is 12.6 Å². The molecule has 2 aromatic rings. The number of sulfonamides is 1. The SMILES string of the molecule is Cc1cccc(CN(C(=O)CN(c2cc(Cl)cc(Cl)c2)S(C)(=O)=O)[C@H](C)C(=O)NC(C)C)c1. The van der Waals surface area contributed by atoms with E-state index in [0.29, 0.717) is 0 Å². The molecule has 0 spiro atoms. The number of anilines is 1. The van der Waals surface area contributed by atoms with E-state index in [9.17, 15) is 18.0 Å². The monoisotopic (exact) mass is 513 g/mol. The molecule has 7 nitrogen and oxygen atoms in total. The van der Waals surface area contributed by atoms with Crippen LogP contribution in [-0.2, 0) is 26.2 Å². The lowest BCUT2D eigenvalue weighted by Crippen LogP contribution is -2.52. The van der Waals surface area contributed by atoms with Crippen molar-refractivity contribution in [1.29, 1.82) is 0 Å². The molecule has 0 saturated heterocycles. The third-order valence-electron chi connectivity index (χ3n) is 4.85. The molecule has 2 amide bonds. The number of carbonyl (C=O) groups is 2. The fourth-order valence-corrected chi connectivity index (χ4v) is 4.64. The average molecular weight is 514 g/mol. The maximum absolute atomic E-state index is 13.4. The summed E-state index contributed by atoms with van der Waals surface area (Å²) in [6.07, 6.45) is 0.995. The highest BCUT2D eigenvalue weighted by molar-refractivity contribution is 7.92. The van der Waals surface area contributed by atoms with Crippen LogP contribution in [0.5, 0.6) is 0 Å². The van der Waals surface area contributed by atoms with Gasteiger partial charge in [-0.2, -0.15) is 0 Å². The fraction of sp³-hybridized carbons (Fsp3) is 0.391. The van der Waals surface area contributed by atoms with Crippen molar-refractivity contribution in [2.75, 3.05) is 17.1 Å². The molecule has 0 heterocycles. The summed E-state index contributed by atoms with van der Waals surface area (Å²) in [7, 11) is -3.86. The molecule has 0 aromatic heterocycles. The minimum atomic E-state index is -3.86. The summed E-state index contributed by atoms with van der Waals surface area (Å²) < 4.78 is 26.0. The zero-order valence-electron chi connectivity index (χ0n) is 19.3. The number of halogens is 2. The molecule has 0 saturated carbocycles. The number of hydrogen-bond donors (Lipinski definition) is 1. The predicted molar refractivity (Wildman–Crippen MR) is 133 cm³/mol. The molecule has 0 bridgehead atoms. The van der Waals surface area contributed by atoms with Crippen LogP contribution in [0.25, 0.3) is 0 Å². The van der Waals surface area contributed by atoms with Crippen LogP contribution in [0.2, 0.25) is 10.0 Å². The Morgan fingerprint density at radius 1 is 1.03 bits per heavy atom. The van der Waals surface area contributed by atoms with Gasteiger partial charge >= 0.3 is 0 Å². The van der Waals surface area contributed by atoms with Crippen molar-refractivity contribution < 1.29 is 18.0 Å². The van der Waals surface area contributed by atoms with Gasteiger partial charge in [-0.15, -0.1) is 0 Å². The van der Waals surface area contributed by atoms with Crippen LogP contribution in [0.1, 0.15) is 31.9 Å². The van der Waals surface area contributed by atoms with Crippen LogP contribution in [0.3, 0.4) is 0 Å². The smallest absolute Gasteiger partial charge is 0.244 e. The second-order valence-corrected chi connectivity index (χ2v) is 11.0. The number of rotatable bonds is 9. The highest BCUT2D eigenvalue weighted by Gasteiger charge is 2.30. The Kier molecular flexibility index (Phi) is 9.17. The molecule has 180 valence electrons. The van der Waals surface area contributed by atoms with E-state index in [2.05, 4.69) is 5.32 Å². The van der Waals surface area contributed by atoms with Crippen LogP contribution in [0.4, 0.5) is 5.69 Å². The van der Waals surface area contributed by atoms with E-state index in [-0.39, 0.29) is 34.2 Å². The van der Waals surface area contributed by atoms with Gasteiger partial charge in [-0.3, -0.25) is 13.9 Å². The van der Waals surface area contributed by atoms with E-state index in [1.54, 1.807) is 6.92 Å². The third-order valence-corrected chi connectivity index (χ3v) is 6.43. The lowest BCUT2D eigenvalue weighted by molar-refractivity contribution is -0.139. The maximum Gasteiger partial charge on any atom is 0.244 e. The zero-order chi connectivity index (χ0) is 24.9. The molecule has 2 rings (SSSR count). The van der Waals surface area contributed by atoms with E-state index in [0.717, 1.165) is 21.7 Å². The molecule has 1 atom stereocenters. The summed E-state index contributed by atoms with van der Waals surface area (Å²) >= 11 is 12.1. The molecule has 0 aliphatic rings. The average Bonchev–Trinajstić information content (AvgIpc) is 2.67. The second kappa shape index (κ2) is 11.2. The molecule has 10 heteroatoms. The topological polar surface area (TPSA) is 86.8 Å². The Labute approximate surface area is 205 Å². The van der Waals surface area contributed by atoms with Crippen LogP contribution in [0, 0.1) is 6.92 Å². The number of nitrogens with zero attached hydrogens (tertiary/aromatic N) is 2. The van der Waals surface area contributed by atoms with Crippen molar-refractivity contribution >= 4 is 50.7 Å². The first-order chi connectivity index (χ1) is 15.3. The number of nitrogens with one attached hydrogen (secondary N) is 1. The number of aryl methyl sites for hydroxylation is 1. The summed E-state index contributed by atoms with van der Waals surface area (Å²) in [6.45, 7) is 6.82. The lowest BCUT2D eigenvalue weighted by Gasteiger charge is -2.32. The van der Waals surface area contributed by atoms with E-state index in [4.69, 9.17) is 23.2 Å². The Bertz CT molecular complexity index is 1100. The van der Waals surface area contributed by atoms with E-state index < -0.39 is 28.5 Å². The van der Waals surface area contributed by atoms with E-state index >= 15 is 0 Å². The highest BCUT2D eigenvalue weighted by atomic mass is 35.5. The Morgan fingerprint density at radius 3 is 2.15 bits per heavy atom. The lowest BCUT2D eigenvalue weighted by atomic mass is 10.1. The number of benzene rings is 2. The summed E-state index contributed by atoms with van der Waals surface area (Å²) in [5.74, 6) is -0.868. The van der Waals surface area contributed by atoms with Crippen molar-refractivity contribution in [3.05, 3.63) is 63.6 Å². The van der Waals surface area contributed by atoms with E-state index in [1.807, 2.05) is 45.0 Å². The van der Waals surface area contributed by atoms with Crippen molar-refractivity contribution in [2.24, 2.45) is 0 Å². The summed E-state index contributed by atoms with van der Waals surface area (Å²) in [6, 6.07) is 10.9. The van der Waals surface area contributed by atoms with Crippen LogP contribution in [-0.4, -0.2) is 50.0 Å². The molecular formula is C23H29Cl2N3O4S. The molecule has 2 aromatic carbocycles. The van der Waals surface area contributed by atoms with Gasteiger partial charge in [0.05, 0.1) is 11.9 Å². The molecule has 0 aliphatic heterocycles. The van der Waals surface area contributed by atoms with Crippen LogP contribution in [0.15, 0.2) is 42.5 Å². The maximum atomic E-state index is 13.4. The highest BCUT2D eigenvalue weighted by Crippen LogP contribution is 2.27. The van der Waals surface area contributed by atoms with Gasteiger partial charge < -0.3 is 10.2 Å². The number of amides is 2. The molecule has 0 unspecified atom stereocenters. The zero-order valence-corrected chi connectivity index (χ0v) is 21.6. The van der Waals surface area contributed by atoms with Crippen LogP contribution < -0.4 is 9.62 Å². The summed E-state index contributed by atoms with van der Waals surface area (Å²) in [5.41, 5.74) is 1.99. The van der Waals surface area contributed by atoms with Gasteiger partial charge in [0, 0.05) is 22.6 Å². The molecule has 0 aliphatic carbocycles. The molecular weight excluding hydrogens is 485 g/mol. The quantitative estimate of drug-likeness (QED) is 0.548. The van der Waals surface area contributed by atoms with Gasteiger partial charge in [-0.1, -0.05) is 53.0 Å². The Balaban J connectivity index is 2.42. The van der Waals surface area contributed by atoms with Gasteiger partial charge in [-0.05, 0) is 51.5 Å². The minimum absolute atomic E-state index is 0.114. The Hall–Kier alpha value is -2.29. The normalized spacial score (nSPS) is 12.4. The molecule has 33 heavy (non-hydrogen) atoms. The van der Waals surface area contributed by atoms with Gasteiger partial charge in [0.15, 0.2) is 0 Å². The third kappa shape index (κ3) is 7.91. The number of hydrogen-bond acceptors (Lipinski definition) is 4. The van der Waals surface area contributed by atoms with Crippen molar-refractivity contribution in [3.63, 3.8) is 0 Å². The minimum Gasteiger partial charge on any atom is -0.352 e. The second-order valence-electron chi connectivity index (χ2n) is 8.25. The molecule has 0 fully saturated rings. The first kappa shape index (κ1) is 27.0. The standard InChI is InChI=1S/C23H29Cl2N3O4S/c1-15(2)26-23(30)17(4)27(13-18-8-6-7-16(3)9-18)22(29)14-28(33(5,31)32)21-11-19(24)10-20(25)12-21/h6-12,15,17H,13-14H2,1-5H3,(H,26,30)/t17-/m1/s1. The van der Waals surface area contributed by atoms with Crippen molar-refractivity contribution in [1.82, 2.24) is 10.2 Å². The van der Waals surface area contributed by atoms with Crippen molar-refractivity contribution in [2.45, 2.75) is 46.3 Å². The number of carbonyl (C=O) groups excluding carboxylic acids is 2. The van der Waals surface area contributed by atoms with Crippen LogP contribution >= 0.6 is 23.2 Å². The molecule has 0 radical (unpaired) electrons. The Morgan fingerprint density at radius 2 is 1.64 bits per heavy atom. The fourth-order valence-electron chi connectivity index (χ4n) is 3.29. The molecule has 1 N–H and O–H groups in total.